The molecule has 25 heavy (non-hydrogen) atoms. The zero-order valence-corrected chi connectivity index (χ0v) is 14.2. The van der Waals surface area contributed by atoms with Crippen LogP contribution in [0.4, 0.5) is 4.39 Å². The zero-order chi connectivity index (χ0) is 18.0. The number of ether oxygens (including phenoxy) is 1. The largest absolute Gasteiger partial charge is 0.469 e. The van der Waals surface area contributed by atoms with Gasteiger partial charge in [0.05, 0.1) is 5.69 Å². The Morgan fingerprint density at radius 1 is 1.08 bits per heavy atom. The van der Waals surface area contributed by atoms with Gasteiger partial charge in [0.2, 0.25) is 5.88 Å². The van der Waals surface area contributed by atoms with Gasteiger partial charge in [0.25, 0.3) is 5.95 Å². The van der Waals surface area contributed by atoms with Gasteiger partial charge in [0.15, 0.2) is 12.4 Å². The van der Waals surface area contributed by atoms with Gasteiger partial charge in [0.1, 0.15) is 5.82 Å². The lowest BCUT2D eigenvalue weighted by atomic mass is 10.1. The maximum Gasteiger partial charge on any atom is 0.254 e. The molecule has 0 bridgehead atoms. The average molecular weight is 340 g/mol. The van der Waals surface area contributed by atoms with E-state index in [9.17, 15) is 9.18 Å². The van der Waals surface area contributed by atoms with Gasteiger partial charge < -0.3 is 4.74 Å². The van der Waals surface area contributed by atoms with Crippen molar-refractivity contribution in [3.8, 4) is 11.8 Å². The summed E-state index contributed by atoms with van der Waals surface area (Å²) < 4.78 is 20.0. The Bertz CT molecular complexity index is 919. The molecule has 3 rings (SSSR count). The van der Waals surface area contributed by atoms with Crippen molar-refractivity contribution in [3.05, 3.63) is 64.9 Å². The first-order chi connectivity index (χ1) is 11.9. The van der Waals surface area contributed by atoms with Gasteiger partial charge in [-0.2, -0.15) is 10.1 Å². The highest BCUT2D eigenvalue weighted by Crippen LogP contribution is 2.14. The van der Waals surface area contributed by atoms with Crippen LogP contribution in [0.3, 0.4) is 0 Å². The topological polar surface area (TPSA) is 69.9 Å². The highest BCUT2D eigenvalue weighted by molar-refractivity contribution is 5.97. The Labute approximate surface area is 144 Å². The monoisotopic (exact) mass is 340 g/mol. The van der Waals surface area contributed by atoms with E-state index in [0.717, 1.165) is 11.4 Å². The van der Waals surface area contributed by atoms with Gasteiger partial charge in [-0.15, -0.1) is 0 Å². The number of halogens is 1. The Morgan fingerprint density at radius 3 is 2.44 bits per heavy atom. The van der Waals surface area contributed by atoms with Crippen LogP contribution >= 0.6 is 0 Å². The third-order valence-electron chi connectivity index (χ3n) is 3.54. The van der Waals surface area contributed by atoms with Crippen LogP contribution in [0, 0.1) is 26.6 Å². The number of Topliss-reactive ketones (excluding diaryl/α,β-unsaturated/α-hetero) is 1. The van der Waals surface area contributed by atoms with Gasteiger partial charge in [-0.25, -0.2) is 14.1 Å². The number of carbonyl (C=O) groups is 1. The fourth-order valence-electron chi connectivity index (χ4n) is 2.38. The van der Waals surface area contributed by atoms with Crippen molar-refractivity contribution in [2.24, 2.45) is 0 Å². The van der Waals surface area contributed by atoms with E-state index in [1.165, 1.54) is 24.3 Å². The van der Waals surface area contributed by atoms with Crippen LogP contribution in [-0.2, 0) is 0 Å². The highest BCUT2D eigenvalue weighted by Gasteiger charge is 2.12. The maximum absolute atomic E-state index is 12.9. The van der Waals surface area contributed by atoms with Crippen LogP contribution in [0.25, 0.3) is 5.95 Å². The summed E-state index contributed by atoms with van der Waals surface area (Å²) >= 11 is 0. The molecule has 2 aromatic heterocycles. The van der Waals surface area contributed by atoms with E-state index in [0.29, 0.717) is 17.2 Å². The summed E-state index contributed by atoms with van der Waals surface area (Å²) in [5.74, 6) is 0.0164. The number of aryl methyl sites for hydroxylation is 3. The number of hydrogen-bond acceptors (Lipinski definition) is 5. The molecule has 0 N–H and O–H groups in total. The number of benzene rings is 1. The highest BCUT2D eigenvalue weighted by atomic mass is 19.1. The molecule has 0 spiro atoms. The molecular formula is C18H17FN4O2. The predicted octanol–water partition coefficient (Wildman–Crippen LogP) is 2.99. The van der Waals surface area contributed by atoms with Crippen LogP contribution in [-0.4, -0.2) is 32.1 Å². The molecule has 0 aliphatic heterocycles. The Hall–Kier alpha value is -3.09. The van der Waals surface area contributed by atoms with Crippen molar-refractivity contribution in [3.63, 3.8) is 0 Å². The number of nitrogens with zero attached hydrogens (tertiary/aromatic N) is 4. The van der Waals surface area contributed by atoms with Crippen LogP contribution in [0.5, 0.6) is 5.88 Å². The van der Waals surface area contributed by atoms with E-state index < -0.39 is 5.82 Å². The number of aromatic nitrogens is 4. The first-order valence-electron chi connectivity index (χ1n) is 7.73. The summed E-state index contributed by atoms with van der Waals surface area (Å²) in [5, 5.41) is 4.35. The summed E-state index contributed by atoms with van der Waals surface area (Å²) in [6, 6.07) is 8.89. The first kappa shape index (κ1) is 16.8. The molecule has 3 aromatic rings. The Kier molecular flexibility index (Phi) is 4.56. The standard InChI is InChI=1S/C18H17FN4O2/c1-11-9-17(21-18(20-11)23-13(3)8-12(2)22-23)25-10-16(24)14-4-6-15(19)7-5-14/h4-9H,10H2,1-3H3. The Morgan fingerprint density at radius 2 is 1.80 bits per heavy atom. The molecule has 0 amide bonds. The molecule has 6 nitrogen and oxygen atoms in total. The van der Waals surface area contributed by atoms with Gasteiger partial charge in [-0.1, -0.05) is 0 Å². The smallest absolute Gasteiger partial charge is 0.254 e. The second-order valence-electron chi connectivity index (χ2n) is 5.71. The Balaban J connectivity index is 1.78. The molecule has 1 aromatic carbocycles. The molecule has 0 fully saturated rings. The lowest BCUT2D eigenvalue weighted by Gasteiger charge is -2.08. The minimum absolute atomic E-state index is 0.196. The van der Waals surface area contributed by atoms with E-state index in [2.05, 4.69) is 15.1 Å². The normalized spacial score (nSPS) is 10.7. The molecule has 0 saturated heterocycles. The summed E-state index contributed by atoms with van der Waals surface area (Å²) in [7, 11) is 0. The summed E-state index contributed by atoms with van der Waals surface area (Å²) in [5.41, 5.74) is 2.83. The van der Waals surface area contributed by atoms with E-state index in [-0.39, 0.29) is 18.3 Å². The van der Waals surface area contributed by atoms with Gasteiger partial charge >= 0.3 is 0 Å². The molecule has 0 saturated carbocycles. The summed E-state index contributed by atoms with van der Waals surface area (Å²) in [6.45, 7) is 5.41. The van der Waals surface area contributed by atoms with Crippen molar-refractivity contribution in [2.45, 2.75) is 20.8 Å². The lowest BCUT2D eigenvalue weighted by molar-refractivity contribution is 0.0917. The van der Waals surface area contributed by atoms with E-state index in [1.54, 1.807) is 10.7 Å². The zero-order valence-electron chi connectivity index (χ0n) is 14.2. The second kappa shape index (κ2) is 6.80. The predicted molar refractivity (Wildman–Crippen MR) is 89.6 cm³/mol. The molecule has 128 valence electrons. The van der Waals surface area contributed by atoms with Crippen LogP contribution < -0.4 is 4.74 Å². The molecular weight excluding hydrogens is 323 g/mol. The third kappa shape index (κ3) is 3.88. The van der Waals surface area contributed by atoms with Crippen molar-refractivity contribution < 1.29 is 13.9 Å². The van der Waals surface area contributed by atoms with E-state index in [4.69, 9.17) is 4.74 Å². The van der Waals surface area contributed by atoms with Crippen molar-refractivity contribution in [2.75, 3.05) is 6.61 Å². The molecule has 0 unspecified atom stereocenters. The average Bonchev–Trinajstić information content (AvgIpc) is 2.91. The minimum atomic E-state index is -0.390. The van der Waals surface area contributed by atoms with Crippen molar-refractivity contribution in [1.29, 1.82) is 0 Å². The molecule has 0 atom stereocenters. The van der Waals surface area contributed by atoms with Crippen LogP contribution in [0.2, 0.25) is 0 Å². The number of carbonyl (C=O) groups excluding carboxylic acids is 1. The van der Waals surface area contributed by atoms with Crippen LogP contribution in [0.15, 0.2) is 36.4 Å². The lowest BCUT2D eigenvalue weighted by Crippen LogP contribution is -2.14. The first-order valence-corrected chi connectivity index (χ1v) is 7.73. The van der Waals surface area contributed by atoms with E-state index >= 15 is 0 Å². The van der Waals surface area contributed by atoms with Gasteiger partial charge in [0, 0.05) is 23.0 Å². The molecule has 2 heterocycles. The number of hydrogen-bond donors (Lipinski definition) is 0. The minimum Gasteiger partial charge on any atom is -0.469 e. The molecule has 0 radical (unpaired) electrons. The third-order valence-corrected chi connectivity index (χ3v) is 3.54. The second-order valence-corrected chi connectivity index (χ2v) is 5.71. The number of rotatable bonds is 5. The fourth-order valence-corrected chi connectivity index (χ4v) is 2.38. The SMILES string of the molecule is Cc1cc(OCC(=O)c2ccc(F)cc2)nc(-n2nc(C)cc2C)n1. The quantitative estimate of drug-likeness (QED) is 0.668. The van der Waals surface area contributed by atoms with Crippen molar-refractivity contribution >= 4 is 5.78 Å². The summed E-state index contributed by atoms with van der Waals surface area (Å²) in [6.07, 6.45) is 0. The maximum atomic E-state index is 12.9. The van der Waals surface area contributed by atoms with Gasteiger partial charge in [-0.3, -0.25) is 4.79 Å². The van der Waals surface area contributed by atoms with E-state index in [1.807, 2.05) is 26.8 Å². The molecule has 0 aliphatic carbocycles. The number of ketones is 1. The molecule has 0 aliphatic rings. The summed E-state index contributed by atoms with van der Waals surface area (Å²) in [4.78, 5) is 20.8. The van der Waals surface area contributed by atoms with Crippen LogP contribution in [0.1, 0.15) is 27.4 Å². The molecule has 7 heteroatoms. The van der Waals surface area contributed by atoms with Gasteiger partial charge in [-0.05, 0) is 51.1 Å². The fraction of sp³-hybridized carbons (Fsp3) is 0.222. The van der Waals surface area contributed by atoms with Crippen molar-refractivity contribution in [1.82, 2.24) is 19.7 Å².